The van der Waals surface area contributed by atoms with Gasteiger partial charge in [0, 0.05) is 21.5 Å². The third-order valence-corrected chi connectivity index (χ3v) is 2.70. The lowest BCUT2D eigenvalue weighted by atomic mass is 10.1. The van der Waals surface area contributed by atoms with Crippen LogP contribution in [0, 0.1) is 5.82 Å². The van der Waals surface area contributed by atoms with Crippen LogP contribution in [0.1, 0.15) is 5.56 Å². The van der Waals surface area contributed by atoms with Crippen LogP contribution in [0.5, 0.6) is 0 Å². The van der Waals surface area contributed by atoms with Gasteiger partial charge in [0.2, 0.25) is 0 Å². The molecule has 0 fully saturated rings. The first-order valence-corrected chi connectivity index (χ1v) is 4.97. The van der Waals surface area contributed by atoms with Gasteiger partial charge in [0.1, 0.15) is 5.82 Å². The highest BCUT2D eigenvalue weighted by molar-refractivity contribution is 9.10. The van der Waals surface area contributed by atoms with E-state index in [4.69, 9.17) is 17.1 Å². The second-order valence-electron chi connectivity index (χ2n) is 2.53. The van der Waals surface area contributed by atoms with E-state index in [2.05, 4.69) is 26.0 Å². The van der Waals surface area contributed by atoms with Crippen molar-refractivity contribution >= 4 is 27.5 Å². The molecular weight excluding hydrogens is 272 g/mol. The quantitative estimate of drug-likeness (QED) is 0.346. The van der Waals surface area contributed by atoms with Gasteiger partial charge in [-0.2, -0.15) is 0 Å². The lowest BCUT2D eigenvalue weighted by Crippen LogP contribution is -1.95. The summed E-state index contributed by atoms with van der Waals surface area (Å²) >= 11 is 8.80. The molecule has 0 saturated heterocycles. The van der Waals surface area contributed by atoms with E-state index in [-0.39, 0.29) is 11.6 Å². The van der Waals surface area contributed by atoms with Gasteiger partial charge < -0.3 is 0 Å². The minimum Gasteiger partial charge on any atom is -0.205 e. The molecule has 6 heteroatoms. The van der Waals surface area contributed by atoms with E-state index in [0.717, 1.165) is 0 Å². The summed E-state index contributed by atoms with van der Waals surface area (Å²) in [7, 11) is 0. The van der Waals surface area contributed by atoms with Gasteiger partial charge in [0.15, 0.2) is 0 Å². The predicted molar refractivity (Wildman–Crippen MR) is 56.8 cm³/mol. The number of hydrogen-bond acceptors (Lipinski definition) is 1. The molecular formula is C8H6BrClFN3. The van der Waals surface area contributed by atoms with Gasteiger partial charge in [-0.25, -0.2) is 4.39 Å². The van der Waals surface area contributed by atoms with Crippen LogP contribution in [0.4, 0.5) is 4.39 Å². The number of hydrogen-bond donors (Lipinski definition) is 0. The Balaban J connectivity index is 2.94. The normalized spacial score (nSPS) is 9.64. The first kappa shape index (κ1) is 11.3. The van der Waals surface area contributed by atoms with Crippen LogP contribution in [0.15, 0.2) is 21.7 Å². The van der Waals surface area contributed by atoms with Crippen molar-refractivity contribution in [2.75, 3.05) is 6.54 Å². The maximum absolute atomic E-state index is 13.4. The van der Waals surface area contributed by atoms with Crippen molar-refractivity contribution in [1.29, 1.82) is 0 Å². The summed E-state index contributed by atoms with van der Waals surface area (Å²) in [6, 6.07) is 3.13. The topological polar surface area (TPSA) is 48.8 Å². The number of benzene rings is 1. The van der Waals surface area contributed by atoms with Crippen LogP contribution < -0.4 is 0 Å². The summed E-state index contributed by atoms with van der Waals surface area (Å²) in [5, 5.41) is 3.40. The lowest BCUT2D eigenvalue weighted by molar-refractivity contribution is 0.608. The fourth-order valence-corrected chi connectivity index (χ4v) is 1.69. The molecule has 0 bridgehead atoms. The van der Waals surface area contributed by atoms with Gasteiger partial charge >= 0.3 is 0 Å². The van der Waals surface area contributed by atoms with Crippen LogP contribution in [-0.4, -0.2) is 6.54 Å². The van der Waals surface area contributed by atoms with Gasteiger partial charge in [-0.05, 0) is 24.1 Å². The van der Waals surface area contributed by atoms with Gasteiger partial charge in [0.05, 0.1) is 5.02 Å². The molecule has 0 radical (unpaired) electrons. The van der Waals surface area contributed by atoms with E-state index in [1.807, 2.05) is 0 Å². The molecule has 0 amide bonds. The van der Waals surface area contributed by atoms with E-state index < -0.39 is 5.82 Å². The molecule has 0 aromatic heterocycles. The number of nitrogens with zero attached hydrogens (tertiary/aromatic N) is 3. The second-order valence-corrected chi connectivity index (χ2v) is 3.79. The average Bonchev–Trinajstić information content (AvgIpc) is 2.18. The summed E-state index contributed by atoms with van der Waals surface area (Å²) in [5.41, 5.74) is 8.50. The molecule has 0 heterocycles. The van der Waals surface area contributed by atoms with Crippen molar-refractivity contribution in [3.63, 3.8) is 0 Å². The summed E-state index contributed by atoms with van der Waals surface area (Å²) in [4.78, 5) is 2.59. The summed E-state index contributed by atoms with van der Waals surface area (Å²) < 4.78 is 14.0. The van der Waals surface area contributed by atoms with Gasteiger partial charge in [0.25, 0.3) is 0 Å². The zero-order valence-electron chi connectivity index (χ0n) is 7.04. The predicted octanol–water partition coefficient (Wildman–Crippen LogP) is 4.09. The van der Waals surface area contributed by atoms with Crippen LogP contribution in [0.3, 0.4) is 0 Å². The van der Waals surface area contributed by atoms with E-state index >= 15 is 0 Å². The summed E-state index contributed by atoms with van der Waals surface area (Å²) in [6.07, 6.45) is 0.330. The molecule has 0 atom stereocenters. The van der Waals surface area contributed by atoms with E-state index in [1.54, 1.807) is 6.07 Å². The Labute approximate surface area is 93.6 Å². The summed E-state index contributed by atoms with van der Waals surface area (Å²) in [5.74, 6) is -0.464. The monoisotopic (exact) mass is 277 g/mol. The number of rotatable bonds is 3. The van der Waals surface area contributed by atoms with Crippen molar-refractivity contribution in [3.05, 3.63) is 43.5 Å². The van der Waals surface area contributed by atoms with Gasteiger partial charge in [-0.1, -0.05) is 32.6 Å². The Kier molecular flexibility index (Phi) is 4.20. The molecule has 0 aliphatic rings. The van der Waals surface area contributed by atoms with Crippen molar-refractivity contribution in [2.24, 2.45) is 5.11 Å². The molecule has 3 nitrogen and oxygen atoms in total. The standard InChI is InChI=1S/C8H6BrClFN3/c9-6-1-2-7(10)8(11)5(6)3-4-13-14-12/h1-2H,3-4H2. The molecule has 74 valence electrons. The Morgan fingerprint density at radius 3 is 2.93 bits per heavy atom. The zero-order chi connectivity index (χ0) is 10.6. The fraction of sp³-hybridized carbons (Fsp3) is 0.250. The largest absolute Gasteiger partial charge is 0.205 e. The summed E-state index contributed by atoms with van der Waals surface area (Å²) in [6.45, 7) is 0.215. The minimum atomic E-state index is -0.464. The van der Waals surface area contributed by atoms with Crippen molar-refractivity contribution in [3.8, 4) is 0 Å². The first-order valence-electron chi connectivity index (χ1n) is 3.80. The van der Waals surface area contributed by atoms with E-state index in [9.17, 15) is 4.39 Å². The van der Waals surface area contributed by atoms with E-state index in [1.165, 1.54) is 6.07 Å². The molecule has 0 saturated carbocycles. The molecule has 0 aliphatic heterocycles. The SMILES string of the molecule is [N-]=[N+]=NCCc1c(Br)ccc(Cl)c1F. The highest BCUT2D eigenvalue weighted by Crippen LogP contribution is 2.26. The fourth-order valence-electron chi connectivity index (χ4n) is 1.00. The Hall–Kier alpha value is -0.770. The number of halogens is 3. The number of azide groups is 1. The zero-order valence-corrected chi connectivity index (χ0v) is 9.39. The maximum atomic E-state index is 13.4. The molecule has 14 heavy (non-hydrogen) atoms. The molecule has 0 N–H and O–H groups in total. The van der Waals surface area contributed by atoms with Gasteiger partial charge in [-0.15, -0.1) is 0 Å². The molecule has 1 rings (SSSR count). The van der Waals surface area contributed by atoms with Gasteiger partial charge in [-0.3, -0.25) is 0 Å². The van der Waals surface area contributed by atoms with Crippen molar-refractivity contribution in [1.82, 2.24) is 0 Å². The molecule has 1 aromatic carbocycles. The first-order chi connectivity index (χ1) is 6.66. The molecule has 0 spiro atoms. The minimum absolute atomic E-state index is 0.0733. The van der Waals surface area contributed by atoms with Crippen molar-refractivity contribution < 1.29 is 4.39 Å². The van der Waals surface area contributed by atoms with Crippen LogP contribution in [0.25, 0.3) is 10.4 Å². The van der Waals surface area contributed by atoms with Crippen LogP contribution in [-0.2, 0) is 6.42 Å². The van der Waals surface area contributed by atoms with E-state index in [0.29, 0.717) is 16.5 Å². The highest BCUT2D eigenvalue weighted by atomic mass is 79.9. The molecule has 0 aliphatic carbocycles. The third kappa shape index (κ3) is 2.61. The second kappa shape index (κ2) is 5.20. The van der Waals surface area contributed by atoms with Crippen molar-refractivity contribution in [2.45, 2.75) is 6.42 Å². The van der Waals surface area contributed by atoms with Crippen LogP contribution in [0.2, 0.25) is 5.02 Å². The Morgan fingerprint density at radius 1 is 1.57 bits per heavy atom. The maximum Gasteiger partial charge on any atom is 0.146 e. The Morgan fingerprint density at radius 2 is 2.29 bits per heavy atom. The third-order valence-electron chi connectivity index (χ3n) is 1.66. The Bertz CT molecular complexity index is 390. The molecule has 1 aromatic rings. The lowest BCUT2D eigenvalue weighted by Gasteiger charge is -2.05. The van der Waals surface area contributed by atoms with Crippen LogP contribution >= 0.6 is 27.5 Å². The smallest absolute Gasteiger partial charge is 0.146 e. The molecule has 0 unspecified atom stereocenters. The highest BCUT2D eigenvalue weighted by Gasteiger charge is 2.09. The average molecular weight is 279 g/mol.